The van der Waals surface area contributed by atoms with Crippen LogP contribution < -0.4 is 15.2 Å². The second kappa shape index (κ2) is 5.74. The Kier molecular flexibility index (Phi) is 3.80. The number of nitrogens with zero attached hydrogens (tertiary/aromatic N) is 1. The molecule has 110 valence electrons. The van der Waals surface area contributed by atoms with Crippen LogP contribution in [0.5, 0.6) is 11.5 Å². The number of nitrogens with two attached hydrogens (primary N) is 1. The number of rotatable bonds is 6. The summed E-state index contributed by atoms with van der Waals surface area (Å²) in [5, 5.41) is 0. The van der Waals surface area contributed by atoms with Crippen molar-refractivity contribution in [3.05, 3.63) is 42.7 Å². The van der Waals surface area contributed by atoms with Gasteiger partial charge < -0.3 is 15.2 Å². The fourth-order valence-corrected chi connectivity index (χ4v) is 2.26. The van der Waals surface area contributed by atoms with E-state index in [1.165, 1.54) is 0 Å². The lowest BCUT2D eigenvalue weighted by molar-refractivity contribution is 0.238. The maximum atomic E-state index is 5.86. The molecule has 0 atom stereocenters. The zero-order chi connectivity index (χ0) is 14.7. The number of methoxy groups -OCH3 is 1. The zero-order valence-electron chi connectivity index (χ0n) is 12.2. The average molecular weight is 284 g/mol. The van der Waals surface area contributed by atoms with Crippen LogP contribution in [-0.4, -0.2) is 25.2 Å². The average Bonchev–Trinajstić information content (AvgIpc) is 3.34. The predicted molar refractivity (Wildman–Crippen MR) is 82.4 cm³/mol. The second-order valence-electron chi connectivity index (χ2n) is 5.63. The third kappa shape index (κ3) is 3.16. The molecule has 1 heterocycles. The van der Waals surface area contributed by atoms with Gasteiger partial charge in [-0.05, 0) is 36.6 Å². The molecule has 0 bridgehead atoms. The highest BCUT2D eigenvalue weighted by Gasteiger charge is 2.42. The molecule has 1 aliphatic carbocycles. The lowest BCUT2D eigenvalue weighted by atomic mass is 10.1. The molecule has 1 fully saturated rings. The van der Waals surface area contributed by atoms with Crippen LogP contribution in [-0.2, 0) is 0 Å². The summed E-state index contributed by atoms with van der Waals surface area (Å²) in [6.07, 6.45) is 5.91. The van der Waals surface area contributed by atoms with Gasteiger partial charge in [0.15, 0.2) is 0 Å². The minimum Gasteiger partial charge on any atom is -0.497 e. The van der Waals surface area contributed by atoms with Gasteiger partial charge in [-0.1, -0.05) is 12.1 Å². The van der Waals surface area contributed by atoms with E-state index in [0.29, 0.717) is 13.2 Å². The molecular weight excluding hydrogens is 264 g/mol. The summed E-state index contributed by atoms with van der Waals surface area (Å²) < 4.78 is 11.0. The normalized spacial score (nSPS) is 15.5. The van der Waals surface area contributed by atoms with Crippen LogP contribution in [0, 0.1) is 5.41 Å². The van der Waals surface area contributed by atoms with Crippen LogP contribution in [0.15, 0.2) is 42.7 Å². The zero-order valence-corrected chi connectivity index (χ0v) is 12.2. The van der Waals surface area contributed by atoms with Gasteiger partial charge in [-0.2, -0.15) is 0 Å². The SMILES string of the molecule is COc1ccc(-c2cncc(OCC3(CN)CC3)c2)cc1. The molecule has 1 saturated carbocycles. The van der Waals surface area contributed by atoms with Crippen molar-refractivity contribution >= 4 is 0 Å². The molecule has 1 aliphatic rings. The van der Waals surface area contributed by atoms with E-state index in [0.717, 1.165) is 35.5 Å². The van der Waals surface area contributed by atoms with Crippen molar-refractivity contribution in [2.45, 2.75) is 12.8 Å². The third-order valence-corrected chi connectivity index (χ3v) is 4.07. The number of benzene rings is 1. The van der Waals surface area contributed by atoms with Crippen molar-refractivity contribution in [1.29, 1.82) is 0 Å². The Balaban J connectivity index is 1.72. The van der Waals surface area contributed by atoms with Crippen molar-refractivity contribution in [3.8, 4) is 22.6 Å². The van der Waals surface area contributed by atoms with E-state index in [4.69, 9.17) is 15.2 Å². The summed E-state index contributed by atoms with van der Waals surface area (Å²) in [4.78, 5) is 4.26. The minimum absolute atomic E-state index is 0.204. The Hall–Kier alpha value is -2.07. The lowest BCUT2D eigenvalue weighted by Crippen LogP contribution is -2.22. The van der Waals surface area contributed by atoms with Crippen LogP contribution >= 0.6 is 0 Å². The Bertz CT molecular complexity index is 606. The van der Waals surface area contributed by atoms with Gasteiger partial charge >= 0.3 is 0 Å². The van der Waals surface area contributed by atoms with Crippen LogP contribution in [0.1, 0.15) is 12.8 Å². The van der Waals surface area contributed by atoms with Gasteiger partial charge in [0.05, 0.1) is 19.9 Å². The van der Waals surface area contributed by atoms with Gasteiger partial charge in [0.2, 0.25) is 0 Å². The molecule has 4 nitrogen and oxygen atoms in total. The Morgan fingerprint density at radius 1 is 1.10 bits per heavy atom. The minimum atomic E-state index is 0.204. The molecule has 1 aromatic heterocycles. The van der Waals surface area contributed by atoms with Gasteiger partial charge in [0.1, 0.15) is 11.5 Å². The van der Waals surface area contributed by atoms with Crippen LogP contribution in [0.25, 0.3) is 11.1 Å². The van der Waals surface area contributed by atoms with E-state index in [-0.39, 0.29) is 5.41 Å². The highest BCUT2D eigenvalue weighted by atomic mass is 16.5. The highest BCUT2D eigenvalue weighted by Crippen LogP contribution is 2.44. The predicted octanol–water partition coefficient (Wildman–Crippen LogP) is 2.87. The van der Waals surface area contributed by atoms with E-state index < -0.39 is 0 Å². The fourth-order valence-electron chi connectivity index (χ4n) is 2.26. The highest BCUT2D eigenvalue weighted by molar-refractivity contribution is 5.64. The molecule has 21 heavy (non-hydrogen) atoms. The quantitative estimate of drug-likeness (QED) is 0.886. The fraction of sp³-hybridized carbons (Fsp3) is 0.353. The largest absolute Gasteiger partial charge is 0.497 e. The summed E-state index contributed by atoms with van der Waals surface area (Å²) in [5.74, 6) is 1.64. The summed E-state index contributed by atoms with van der Waals surface area (Å²) in [7, 11) is 1.66. The number of hydrogen-bond acceptors (Lipinski definition) is 4. The topological polar surface area (TPSA) is 57.4 Å². The van der Waals surface area contributed by atoms with Gasteiger partial charge in [-0.15, -0.1) is 0 Å². The maximum Gasteiger partial charge on any atom is 0.138 e. The molecule has 0 spiro atoms. The first kappa shape index (κ1) is 13.9. The monoisotopic (exact) mass is 284 g/mol. The summed E-state index contributed by atoms with van der Waals surface area (Å²) in [5.41, 5.74) is 8.10. The standard InChI is InChI=1S/C17H20N2O2/c1-20-15-4-2-13(3-5-15)14-8-16(10-19-9-14)21-12-17(11-18)6-7-17/h2-5,8-10H,6-7,11-12,18H2,1H3. The first-order chi connectivity index (χ1) is 10.2. The van der Waals surface area contributed by atoms with E-state index in [1.54, 1.807) is 13.3 Å². The Labute approximate surface area is 124 Å². The Morgan fingerprint density at radius 3 is 2.48 bits per heavy atom. The van der Waals surface area contributed by atoms with Crippen molar-refractivity contribution < 1.29 is 9.47 Å². The van der Waals surface area contributed by atoms with Crippen molar-refractivity contribution in [2.75, 3.05) is 20.3 Å². The molecule has 2 N–H and O–H groups in total. The molecular formula is C17H20N2O2. The molecule has 0 unspecified atom stereocenters. The molecule has 2 aromatic rings. The van der Waals surface area contributed by atoms with Crippen molar-refractivity contribution in [2.24, 2.45) is 11.1 Å². The van der Waals surface area contributed by atoms with Gasteiger partial charge in [0, 0.05) is 23.7 Å². The van der Waals surface area contributed by atoms with Crippen molar-refractivity contribution in [3.63, 3.8) is 0 Å². The maximum absolute atomic E-state index is 5.86. The number of pyridine rings is 1. The number of ether oxygens (including phenoxy) is 2. The summed E-state index contributed by atoms with van der Waals surface area (Å²) in [6, 6.07) is 9.93. The first-order valence-electron chi connectivity index (χ1n) is 7.17. The lowest BCUT2D eigenvalue weighted by Gasteiger charge is -2.14. The molecule has 4 heteroatoms. The van der Waals surface area contributed by atoms with Crippen LogP contribution in [0.2, 0.25) is 0 Å². The van der Waals surface area contributed by atoms with Gasteiger partial charge in [0.25, 0.3) is 0 Å². The molecule has 0 amide bonds. The Morgan fingerprint density at radius 2 is 1.86 bits per heavy atom. The first-order valence-corrected chi connectivity index (χ1v) is 7.17. The molecule has 0 radical (unpaired) electrons. The van der Waals surface area contributed by atoms with Crippen molar-refractivity contribution in [1.82, 2.24) is 4.98 Å². The van der Waals surface area contributed by atoms with E-state index in [1.807, 2.05) is 36.5 Å². The second-order valence-corrected chi connectivity index (χ2v) is 5.63. The molecule has 3 rings (SSSR count). The van der Waals surface area contributed by atoms with E-state index in [2.05, 4.69) is 4.98 Å². The van der Waals surface area contributed by atoms with Gasteiger partial charge in [-0.25, -0.2) is 0 Å². The van der Waals surface area contributed by atoms with E-state index >= 15 is 0 Å². The molecule has 0 saturated heterocycles. The third-order valence-electron chi connectivity index (χ3n) is 4.07. The molecule has 0 aliphatic heterocycles. The summed E-state index contributed by atoms with van der Waals surface area (Å²) in [6.45, 7) is 1.37. The summed E-state index contributed by atoms with van der Waals surface area (Å²) >= 11 is 0. The van der Waals surface area contributed by atoms with Crippen LogP contribution in [0.4, 0.5) is 0 Å². The smallest absolute Gasteiger partial charge is 0.138 e. The number of hydrogen-bond donors (Lipinski definition) is 1. The molecule has 1 aromatic carbocycles. The van der Waals surface area contributed by atoms with Gasteiger partial charge in [-0.3, -0.25) is 4.98 Å². The number of aromatic nitrogens is 1. The van der Waals surface area contributed by atoms with Crippen LogP contribution in [0.3, 0.4) is 0 Å². The van der Waals surface area contributed by atoms with E-state index in [9.17, 15) is 0 Å².